The molecule has 0 bridgehead atoms. The number of benzene rings is 2. The average molecular weight is 395 g/mol. The summed E-state index contributed by atoms with van der Waals surface area (Å²) < 4.78 is 0.699. The predicted octanol–water partition coefficient (Wildman–Crippen LogP) is 5.08. The number of carbonyl (C=O) groups is 1. The molecule has 1 aliphatic carbocycles. The molecular weight excluding hydrogens is 372 g/mol. The molecule has 2 aromatic carbocycles. The number of carbonyl (C=O) groups excluding carboxylic acids is 1. The van der Waals surface area contributed by atoms with Crippen molar-refractivity contribution < 1.29 is 4.79 Å². The van der Waals surface area contributed by atoms with E-state index in [-0.39, 0.29) is 5.91 Å². The van der Waals surface area contributed by atoms with Gasteiger partial charge in [0.1, 0.15) is 4.32 Å². The first-order valence-electron chi connectivity index (χ1n) is 9.31. The summed E-state index contributed by atoms with van der Waals surface area (Å²) in [5.41, 5.74) is 3.52. The van der Waals surface area contributed by atoms with Gasteiger partial charge in [0.2, 0.25) is 0 Å². The highest BCUT2D eigenvalue weighted by Gasteiger charge is 2.41. The molecule has 1 amide bonds. The van der Waals surface area contributed by atoms with E-state index in [0.29, 0.717) is 10.4 Å². The lowest BCUT2D eigenvalue weighted by atomic mass is 10.1. The van der Waals surface area contributed by atoms with Crippen molar-refractivity contribution in [2.24, 2.45) is 0 Å². The van der Waals surface area contributed by atoms with Crippen molar-refractivity contribution >= 4 is 46.0 Å². The minimum absolute atomic E-state index is 0.0656. The lowest BCUT2D eigenvalue weighted by Crippen LogP contribution is -2.30. The van der Waals surface area contributed by atoms with E-state index in [2.05, 4.69) is 60.4 Å². The quantitative estimate of drug-likeness (QED) is 0.504. The van der Waals surface area contributed by atoms with E-state index in [1.807, 2.05) is 12.1 Å². The predicted molar refractivity (Wildman–Crippen MR) is 118 cm³/mol. The molecule has 1 saturated heterocycles. The molecule has 5 heteroatoms. The summed E-state index contributed by atoms with van der Waals surface area (Å²) in [7, 11) is 0. The fraction of sp³-hybridized carbons (Fsp3) is 0.273. The lowest BCUT2D eigenvalue weighted by molar-refractivity contribution is -0.122. The zero-order chi connectivity index (χ0) is 18.8. The zero-order valence-electron chi connectivity index (χ0n) is 15.3. The molecule has 0 atom stereocenters. The van der Waals surface area contributed by atoms with Gasteiger partial charge in [0.05, 0.1) is 4.91 Å². The average Bonchev–Trinajstić information content (AvgIpc) is 3.48. The summed E-state index contributed by atoms with van der Waals surface area (Å²) in [6.07, 6.45) is 4.10. The van der Waals surface area contributed by atoms with Gasteiger partial charge in [-0.25, -0.2) is 0 Å². The highest BCUT2D eigenvalue weighted by atomic mass is 32.2. The fourth-order valence-electron chi connectivity index (χ4n) is 3.25. The first-order chi connectivity index (χ1) is 13.2. The Balaban J connectivity index is 1.48. The summed E-state index contributed by atoms with van der Waals surface area (Å²) in [6.45, 7) is 3.99. The molecule has 0 spiro atoms. The monoisotopic (exact) mass is 394 g/mol. The molecule has 2 aromatic rings. The maximum atomic E-state index is 12.6. The third kappa shape index (κ3) is 4.09. The van der Waals surface area contributed by atoms with Crippen LogP contribution in [0.25, 0.3) is 6.08 Å². The van der Waals surface area contributed by atoms with Gasteiger partial charge in [-0.15, -0.1) is 0 Å². The number of rotatable bonds is 6. The molecule has 4 rings (SSSR count). The Bertz CT molecular complexity index is 873. The number of hydrogen-bond acceptors (Lipinski definition) is 4. The van der Waals surface area contributed by atoms with Crippen LogP contribution in [-0.2, 0) is 11.3 Å². The van der Waals surface area contributed by atoms with Crippen LogP contribution in [0.3, 0.4) is 0 Å². The third-order valence-electron chi connectivity index (χ3n) is 4.89. The number of anilines is 1. The first-order valence-corrected chi connectivity index (χ1v) is 10.5. The van der Waals surface area contributed by atoms with E-state index >= 15 is 0 Å². The van der Waals surface area contributed by atoms with E-state index < -0.39 is 0 Å². The molecular formula is C22H22N2OS2. The molecule has 0 unspecified atom stereocenters. The van der Waals surface area contributed by atoms with Gasteiger partial charge in [-0.2, -0.15) is 0 Å². The smallest absolute Gasteiger partial charge is 0.266 e. The number of amides is 1. The van der Waals surface area contributed by atoms with Crippen molar-refractivity contribution in [3.63, 3.8) is 0 Å². The second-order valence-electron chi connectivity index (χ2n) is 6.87. The van der Waals surface area contributed by atoms with Gasteiger partial charge in [-0.3, -0.25) is 9.69 Å². The normalized spacial score (nSPS) is 18.4. The van der Waals surface area contributed by atoms with Crippen LogP contribution < -0.4 is 4.90 Å². The Morgan fingerprint density at radius 2 is 1.85 bits per heavy atom. The van der Waals surface area contributed by atoms with Gasteiger partial charge >= 0.3 is 0 Å². The maximum absolute atomic E-state index is 12.6. The molecule has 2 fully saturated rings. The van der Waals surface area contributed by atoms with E-state index in [1.165, 1.54) is 23.0 Å². The maximum Gasteiger partial charge on any atom is 0.266 e. The second kappa shape index (κ2) is 7.87. The molecule has 27 heavy (non-hydrogen) atoms. The van der Waals surface area contributed by atoms with Crippen LogP contribution in [0.5, 0.6) is 0 Å². The SMILES string of the molecule is CCN(Cc1ccccc1)c1ccc(/C=C2/SC(=S)N(C3CC3)C2=O)cc1. The van der Waals surface area contributed by atoms with Crippen LogP contribution in [0.15, 0.2) is 59.5 Å². The Kier molecular flexibility index (Phi) is 5.32. The highest BCUT2D eigenvalue weighted by Crippen LogP contribution is 2.40. The molecule has 1 aliphatic heterocycles. The summed E-state index contributed by atoms with van der Waals surface area (Å²) in [6, 6.07) is 19.2. The van der Waals surface area contributed by atoms with Gasteiger partial charge in [0, 0.05) is 24.8 Å². The van der Waals surface area contributed by atoms with Crippen LogP contribution in [0, 0.1) is 0 Å². The third-order valence-corrected chi connectivity index (χ3v) is 6.22. The molecule has 138 valence electrons. The van der Waals surface area contributed by atoms with E-state index in [4.69, 9.17) is 12.2 Å². The number of thioether (sulfide) groups is 1. The van der Waals surface area contributed by atoms with Gasteiger partial charge in [-0.05, 0) is 49.1 Å². The van der Waals surface area contributed by atoms with E-state index in [9.17, 15) is 4.79 Å². The zero-order valence-corrected chi connectivity index (χ0v) is 16.9. The van der Waals surface area contributed by atoms with Gasteiger partial charge in [0.25, 0.3) is 5.91 Å². The summed E-state index contributed by atoms with van der Waals surface area (Å²) in [4.78, 5) is 17.4. The Morgan fingerprint density at radius 3 is 2.48 bits per heavy atom. The van der Waals surface area contributed by atoms with Crippen molar-refractivity contribution in [2.75, 3.05) is 11.4 Å². The number of thiocarbonyl (C=S) groups is 1. The summed E-state index contributed by atoms with van der Waals surface area (Å²) in [5.74, 6) is 0.0656. The summed E-state index contributed by atoms with van der Waals surface area (Å²) in [5, 5.41) is 0. The lowest BCUT2D eigenvalue weighted by Gasteiger charge is -2.23. The molecule has 1 heterocycles. The van der Waals surface area contributed by atoms with Crippen molar-refractivity contribution in [1.29, 1.82) is 0 Å². The first kappa shape index (κ1) is 18.3. The second-order valence-corrected chi connectivity index (χ2v) is 8.55. The van der Waals surface area contributed by atoms with Crippen LogP contribution in [0.4, 0.5) is 5.69 Å². The van der Waals surface area contributed by atoms with Gasteiger partial charge in [-0.1, -0.05) is 66.4 Å². The van der Waals surface area contributed by atoms with Gasteiger partial charge < -0.3 is 4.90 Å². The Morgan fingerprint density at radius 1 is 1.15 bits per heavy atom. The van der Waals surface area contributed by atoms with E-state index in [1.54, 1.807) is 4.90 Å². The van der Waals surface area contributed by atoms with Crippen molar-refractivity contribution in [3.8, 4) is 0 Å². The van der Waals surface area contributed by atoms with Crippen LogP contribution in [0.1, 0.15) is 30.9 Å². The van der Waals surface area contributed by atoms with Crippen LogP contribution in [-0.4, -0.2) is 27.7 Å². The number of nitrogens with zero attached hydrogens (tertiary/aromatic N) is 2. The summed E-state index contributed by atoms with van der Waals surface area (Å²) >= 11 is 6.80. The van der Waals surface area contributed by atoms with Crippen molar-refractivity contribution in [2.45, 2.75) is 32.4 Å². The molecule has 0 radical (unpaired) electrons. The topological polar surface area (TPSA) is 23.6 Å². The number of hydrogen-bond donors (Lipinski definition) is 0. The van der Waals surface area contributed by atoms with Crippen LogP contribution >= 0.6 is 24.0 Å². The molecule has 3 nitrogen and oxygen atoms in total. The Labute approximate surface area is 170 Å². The molecule has 0 aromatic heterocycles. The van der Waals surface area contributed by atoms with Crippen LogP contribution in [0.2, 0.25) is 0 Å². The van der Waals surface area contributed by atoms with Crippen molar-refractivity contribution in [3.05, 3.63) is 70.6 Å². The fourth-order valence-corrected chi connectivity index (χ4v) is 4.65. The molecule has 2 aliphatic rings. The standard InChI is InChI=1S/C22H22N2OS2/c1-2-23(15-17-6-4-3-5-7-17)18-10-8-16(9-11-18)14-20-21(25)24(19-12-13-19)22(26)27-20/h3-11,14,19H,2,12-13,15H2,1H3/b20-14+. The Hall–Kier alpha value is -2.11. The van der Waals surface area contributed by atoms with E-state index in [0.717, 1.165) is 36.4 Å². The minimum Gasteiger partial charge on any atom is -0.367 e. The molecule has 1 saturated carbocycles. The highest BCUT2D eigenvalue weighted by molar-refractivity contribution is 8.26. The largest absolute Gasteiger partial charge is 0.367 e. The minimum atomic E-state index is 0.0656. The van der Waals surface area contributed by atoms with Crippen molar-refractivity contribution in [1.82, 2.24) is 4.90 Å². The molecule has 0 N–H and O–H groups in total. The van der Waals surface area contributed by atoms with Gasteiger partial charge in [0.15, 0.2) is 0 Å².